The smallest absolute Gasteiger partial charge is 0.338 e. The summed E-state index contributed by atoms with van der Waals surface area (Å²) in [6.45, 7) is 10.3. The minimum Gasteiger partial charge on any atom is -0.493 e. The minimum absolute atomic E-state index is 0.168. The number of hydrogen-bond acceptors (Lipinski definition) is 7. The fraction of sp³-hybridized carbons (Fsp3) is 0.265. The van der Waals surface area contributed by atoms with Gasteiger partial charge in [0, 0.05) is 5.56 Å². The van der Waals surface area contributed by atoms with E-state index >= 15 is 0 Å². The number of aromatic nitrogens is 1. The zero-order valence-electron chi connectivity index (χ0n) is 25.3. The Morgan fingerprint density at radius 2 is 1.77 bits per heavy atom. The first kappa shape index (κ1) is 31.6. The first-order valence-corrected chi connectivity index (χ1v) is 15.6. The zero-order chi connectivity index (χ0) is 31.7. The molecule has 0 fully saturated rings. The molecule has 228 valence electrons. The van der Waals surface area contributed by atoms with Crippen LogP contribution < -0.4 is 24.4 Å². The summed E-state index contributed by atoms with van der Waals surface area (Å²) in [5.74, 6) is 0.564. The van der Waals surface area contributed by atoms with Gasteiger partial charge in [0.1, 0.15) is 12.6 Å². The van der Waals surface area contributed by atoms with Crippen LogP contribution in [0.1, 0.15) is 53.3 Å². The van der Waals surface area contributed by atoms with Gasteiger partial charge in [0.15, 0.2) is 16.3 Å². The lowest BCUT2D eigenvalue weighted by Crippen LogP contribution is -2.40. The Bertz CT molecular complexity index is 1970. The normalized spacial score (nSPS) is 14.7. The van der Waals surface area contributed by atoms with Crippen LogP contribution in [0, 0.1) is 20.8 Å². The molecule has 7 nitrogen and oxygen atoms in total. The van der Waals surface area contributed by atoms with Crippen molar-refractivity contribution in [3.8, 4) is 11.5 Å². The average molecular weight is 652 g/mol. The molecule has 0 unspecified atom stereocenters. The van der Waals surface area contributed by atoms with Crippen molar-refractivity contribution in [2.75, 3.05) is 13.7 Å². The van der Waals surface area contributed by atoms with E-state index in [0.29, 0.717) is 43.7 Å². The summed E-state index contributed by atoms with van der Waals surface area (Å²) >= 11 is 14.2. The molecule has 4 aromatic rings. The molecule has 10 heteroatoms. The highest BCUT2D eigenvalue weighted by Crippen LogP contribution is 2.37. The Labute approximate surface area is 269 Å². The molecule has 0 saturated heterocycles. The first-order chi connectivity index (χ1) is 21.0. The second-order valence-electron chi connectivity index (χ2n) is 10.5. The van der Waals surface area contributed by atoms with Gasteiger partial charge in [-0.25, -0.2) is 9.79 Å². The van der Waals surface area contributed by atoms with E-state index in [1.807, 2.05) is 18.2 Å². The quantitative estimate of drug-likeness (QED) is 0.200. The van der Waals surface area contributed by atoms with Gasteiger partial charge >= 0.3 is 5.97 Å². The third-order valence-electron chi connectivity index (χ3n) is 7.49. The number of allylic oxidation sites excluding steroid dienone is 1. The second kappa shape index (κ2) is 13.0. The minimum atomic E-state index is -0.863. The number of methoxy groups -OCH3 is 1. The summed E-state index contributed by atoms with van der Waals surface area (Å²) in [5.41, 5.74) is 6.29. The van der Waals surface area contributed by atoms with Crippen LogP contribution in [0.25, 0.3) is 6.08 Å². The number of carbonyl (C=O) groups excluding carboxylic acids is 1. The number of aryl methyl sites for hydroxylation is 3. The van der Waals surface area contributed by atoms with Gasteiger partial charge in [0.2, 0.25) is 0 Å². The topological polar surface area (TPSA) is 79.1 Å². The standard InChI is InChI=1S/C34H32Cl2N2O5S/c1-7-42-33(40)29-21(5)37-34-38(31(29)23-9-8-10-25(35)30(23)36)32(39)28(44-34)16-22-11-12-26(27(15-22)41-6)43-17-24-19(3)13-18(2)14-20(24)4/h8-16,31H,7,17H2,1-6H3/b28-16-/t31-/m0/s1. The maximum atomic E-state index is 14.0. The SMILES string of the molecule is CCOC(=O)C1=C(C)N=c2s/c(=C\c3ccc(OCc4c(C)cc(C)cc4C)c(OC)c3)c(=O)n2[C@H]1c1cccc(Cl)c1Cl. The Hall–Kier alpha value is -3.85. The molecule has 1 aliphatic rings. The predicted molar refractivity (Wildman–Crippen MR) is 175 cm³/mol. The molecule has 0 spiro atoms. The van der Waals surface area contributed by atoms with E-state index in [1.54, 1.807) is 45.2 Å². The van der Waals surface area contributed by atoms with Crippen LogP contribution in [0.2, 0.25) is 10.0 Å². The predicted octanol–water partition coefficient (Wildman–Crippen LogP) is 6.62. The number of nitrogens with zero attached hydrogens (tertiary/aromatic N) is 2. The molecular formula is C34H32Cl2N2O5S. The molecule has 5 rings (SSSR count). The van der Waals surface area contributed by atoms with Crippen molar-refractivity contribution in [2.45, 2.75) is 47.3 Å². The fourth-order valence-corrected chi connectivity index (χ4v) is 6.91. The van der Waals surface area contributed by atoms with Crippen molar-refractivity contribution < 1.29 is 19.0 Å². The third kappa shape index (κ3) is 6.07. The first-order valence-electron chi connectivity index (χ1n) is 14.0. The van der Waals surface area contributed by atoms with Gasteiger partial charge in [0.05, 0.1) is 39.6 Å². The molecule has 44 heavy (non-hydrogen) atoms. The molecule has 1 atom stereocenters. The summed E-state index contributed by atoms with van der Waals surface area (Å²) in [5, 5.41) is 0.563. The van der Waals surface area contributed by atoms with Crippen molar-refractivity contribution in [1.29, 1.82) is 0 Å². The Balaban J connectivity index is 1.56. The van der Waals surface area contributed by atoms with Crippen LogP contribution in [0.3, 0.4) is 0 Å². The van der Waals surface area contributed by atoms with E-state index in [0.717, 1.165) is 11.1 Å². The molecule has 1 aliphatic heterocycles. The number of esters is 1. The monoisotopic (exact) mass is 650 g/mol. The highest BCUT2D eigenvalue weighted by atomic mass is 35.5. The molecule has 0 bridgehead atoms. The van der Waals surface area contributed by atoms with Crippen molar-refractivity contribution in [3.05, 3.63) is 123 Å². The lowest BCUT2D eigenvalue weighted by molar-refractivity contribution is -0.139. The van der Waals surface area contributed by atoms with Gasteiger partial charge in [-0.05, 0) is 81.1 Å². The van der Waals surface area contributed by atoms with E-state index in [1.165, 1.54) is 32.6 Å². The molecule has 0 saturated carbocycles. The van der Waals surface area contributed by atoms with E-state index in [4.69, 9.17) is 37.4 Å². The average Bonchev–Trinajstić information content (AvgIpc) is 3.27. The second-order valence-corrected chi connectivity index (χ2v) is 12.3. The molecule has 2 heterocycles. The van der Waals surface area contributed by atoms with Crippen LogP contribution >= 0.6 is 34.5 Å². The zero-order valence-corrected chi connectivity index (χ0v) is 27.6. The number of thiazole rings is 1. The molecule has 0 radical (unpaired) electrons. The molecular weight excluding hydrogens is 619 g/mol. The number of carbonyl (C=O) groups is 1. The van der Waals surface area contributed by atoms with Crippen molar-refractivity contribution in [2.24, 2.45) is 4.99 Å². The molecule has 0 aliphatic carbocycles. The number of ether oxygens (including phenoxy) is 3. The summed E-state index contributed by atoms with van der Waals surface area (Å²) in [4.78, 5) is 32.2. The van der Waals surface area contributed by atoms with E-state index in [2.05, 4.69) is 37.9 Å². The lowest BCUT2D eigenvalue weighted by atomic mass is 9.96. The van der Waals surface area contributed by atoms with Crippen LogP contribution in [0.15, 0.2) is 69.6 Å². The van der Waals surface area contributed by atoms with Crippen molar-refractivity contribution >= 4 is 46.6 Å². The van der Waals surface area contributed by atoms with Gasteiger partial charge in [-0.1, -0.05) is 70.4 Å². The maximum absolute atomic E-state index is 14.0. The number of hydrogen-bond donors (Lipinski definition) is 0. The van der Waals surface area contributed by atoms with Gasteiger partial charge in [0.25, 0.3) is 5.56 Å². The summed E-state index contributed by atoms with van der Waals surface area (Å²) in [6, 6.07) is 14.1. The number of fused-ring (bicyclic) bond motifs is 1. The molecule has 0 amide bonds. The van der Waals surface area contributed by atoms with E-state index in [9.17, 15) is 9.59 Å². The van der Waals surface area contributed by atoms with Crippen molar-refractivity contribution in [1.82, 2.24) is 4.57 Å². The van der Waals surface area contributed by atoms with Crippen molar-refractivity contribution in [3.63, 3.8) is 0 Å². The Morgan fingerprint density at radius 1 is 1.05 bits per heavy atom. The number of rotatable bonds is 8. The van der Waals surface area contributed by atoms with Gasteiger partial charge in [-0.2, -0.15) is 0 Å². The van der Waals surface area contributed by atoms with Gasteiger partial charge in [-0.15, -0.1) is 0 Å². The van der Waals surface area contributed by atoms with Crippen LogP contribution in [-0.2, 0) is 16.1 Å². The van der Waals surface area contributed by atoms with Gasteiger partial charge < -0.3 is 14.2 Å². The number of halogens is 2. The Kier molecular flexibility index (Phi) is 9.34. The third-order valence-corrected chi connectivity index (χ3v) is 9.31. The fourth-order valence-electron chi connectivity index (χ4n) is 5.45. The van der Waals surface area contributed by atoms with Gasteiger partial charge in [-0.3, -0.25) is 9.36 Å². The summed E-state index contributed by atoms with van der Waals surface area (Å²) < 4.78 is 19.1. The van der Waals surface area contributed by atoms with E-state index in [-0.39, 0.29) is 22.8 Å². The lowest BCUT2D eigenvalue weighted by Gasteiger charge is -2.25. The molecule has 0 N–H and O–H groups in total. The van der Waals surface area contributed by atoms with Crippen LogP contribution in [0.4, 0.5) is 0 Å². The van der Waals surface area contributed by atoms with E-state index < -0.39 is 12.0 Å². The van der Waals surface area contributed by atoms with Crippen LogP contribution in [0.5, 0.6) is 11.5 Å². The summed E-state index contributed by atoms with van der Waals surface area (Å²) in [7, 11) is 1.58. The molecule has 3 aromatic carbocycles. The Morgan fingerprint density at radius 3 is 2.45 bits per heavy atom. The largest absolute Gasteiger partial charge is 0.493 e. The highest BCUT2D eigenvalue weighted by molar-refractivity contribution is 7.07. The highest BCUT2D eigenvalue weighted by Gasteiger charge is 2.35. The van der Waals surface area contributed by atoms with Crippen LogP contribution in [-0.4, -0.2) is 24.3 Å². The molecule has 1 aromatic heterocycles. The summed E-state index contributed by atoms with van der Waals surface area (Å²) in [6.07, 6.45) is 1.77. The maximum Gasteiger partial charge on any atom is 0.338 e. The number of benzene rings is 3.